The molecule has 2 aliphatic carbocycles. The quantitative estimate of drug-likeness (QED) is 0.180. The van der Waals surface area contributed by atoms with Crippen LogP contribution in [0.3, 0.4) is 0 Å². The maximum absolute atomic E-state index is 14.4. The Morgan fingerprint density at radius 3 is 2.21 bits per heavy atom. The summed E-state index contributed by atoms with van der Waals surface area (Å²) >= 11 is 0. The standard InChI is InChI=1S/C35H57N5O7S/c1-7-18-36-31(43)28(41)25(20-24-14-15-24)37-30(42)27-23(3)22(2)21-40(27)32(44)29(34(4,5)6)38-33(45)39-35(16-10-8-11-17-35)26-13-9-12-19-48(26,46)47/h7,22-27,29H,1,8-21H2,2-6H3,(H,36,43)(H,37,42)(H2,38,39,45)/t22-,23-,25-,26+,27-,29+/m0/s1. The van der Waals surface area contributed by atoms with E-state index in [0.717, 1.165) is 38.5 Å². The first kappa shape index (κ1) is 37.9. The van der Waals surface area contributed by atoms with Gasteiger partial charge in [0, 0.05) is 13.1 Å². The summed E-state index contributed by atoms with van der Waals surface area (Å²) in [5.41, 5.74) is -1.65. The number of Topliss-reactive ketones (excluding diaryl/α,β-unsaturated/α-hetero) is 1. The van der Waals surface area contributed by atoms with Crippen LogP contribution in [0.5, 0.6) is 0 Å². The van der Waals surface area contributed by atoms with E-state index in [1.807, 2.05) is 34.6 Å². The first-order valence-corrected chi connectivity index (χ1v) is 19.6. The summed E-state index contributed by atoms with van der Waals surface area (Å²) in [5, 5.41) is 10.6. The van der Waals surface area contributed by atoms with Gasteiger partial charge in [0.25, 0.3) is 5.91 Å². The Hall–Kier alpha value is -2.96. The normalized spacial score (nSPS) is 28.0. The molecule has 4 N–H and O–H groups in total. The third kappa shape index (κ3) is 8.79. The van der Waals surface area contributed by atoms with Crippen LogP contribution in [-0.4, -0.2) is 90.6 Å². The predicted molar refractivity (Wildman–Crippen MR) is 183 cm³/mol. The van der Waals surface area contributed by atoms with Gasteiger partial charge in [0.2, 0.25) is 17.6 Å². The smallest absolute Gasteiger partial charge is 0.315 e. The van der Waals surface area contributed by atoms with Crippen molar-refractivity contribution in [3.8, 4) is 0 Å². The number of rotatable bonds is 12. The lowest BCUT2D eigenvalue weighted by molar-refractivity contribution is -0.144. The second-order valence-electron chi connectivity index (χ2n) is 15.8. The fourth-order valence-corrected chi connectivity index (χ4v) is 10.3. The third-order valence-electron chi connectivity index (χ3n) is 11.0. The first-order chi connectivity index (χ1) is 22.5. The summed E-state index contributed by atoms with van der Waals surface area (Å²) in [6, 6.07) is -3.54. The topological polar surface area (TPSA) is 171 Å². The lowest BCUT2D eigenvalue weighted by atomic mass is 9.77. The number of carbonyl (C=O) groups excluding carboxylic acids is 5. The number of hydrogen-bond acceptors (Lipinski definition) is 7. The molecule has 4 aliphatic rings. The number of hydrogen-bond donors (Lipinski definition) is 4. The van der Waals surface area contributed by atoms with E-state index in [0.29, 0.717) is 32.1 Å². The monoisotopic (exact) mass is 691 g/mol. The lowest BCUT2D eigenvalue weighted by Crippen LogP contribution is -2.66. The van der Waals surface area contributed by atoms with E-state index in [4.69, 9.17) is 0 Å². The van der Waals surface area contributed by atoms with Crippen LogP contribution < -0.4 is 21.3 Å². The van der Waals surface area contributed by atoms with Crippen molar-refractivity contribution in [2.75, 3.05) is 18.8 Å². The minimum Gasteiger partial charge on any atom is -0.346 e. The SMILES string of the molecule is C=CCNC(=O)C(=O)[C@H](CC1CC1)NC(=O)[C@@H]1[C@@H](C)[C@@H](C)CN1C(=O)[C@@H](NC(=O)NC1([C@H]2CCCCS2(=O)=O)CCCCC1)C(C)(C)C. The van der Waals surface area contributed by atoms with E-state index in [1.54, 1.807) is 0 Å². The minimum atomic E-state index is -3.39. The molecule has 0 aromatic heterocycles. The van der Waals surface area contributed by atoms with E-state index < -0.39 is 73.7 Å². The zero-order valence-corrected chi connectivity index (χ0v) is 30.3. The molecule has 12 nitrogen and oxygen atoms in total. The second-order valence-corrected chi connectivity index (χ2v) is 18.1. The number of nitrogens with zero attached hydrogens (tertiary/aromatic N) is 1. The molecule has 0 spiro atoms. The fourth-order valence-electron chi connectivity index (χ4n) is 7.87. The molecule has 48 heavy (non-hydrogen) atoms. The van der Waals surface area contributed by atoms with E-state index in [-0.39, 0.29) is 36.6 Å². The summed E-state index contributed by atoms with van der Waals surface area (Å²) in [6.45, 7) is 13.3. The van der Waals surface area contributed by atoms with Gasteiger partial charge in [-0.15, -0.1) is 6.58 Å². The van der Waals surface area contributed by atoms with Gasteiger partial charge >= 0.3 is 6.03 Å². The Labute approximate surface area is 286 Å². The summed E-state index contributed by atoms with van der Waals surface area (Å²) in [5.74, 6) is -2.38. The maximum atomic E-state index is 14.4. The highest BCUT2D eigenvalue weighted by atomic mass is 32.2. The number of sulfone groups is 1. The van der Waals surface area contributed by atoms with Crippen molar-refractivity contribution in [1.82, 2.24) is 26.2 Å². The van der Waals surface area contributed by atoms with Crippen LogP contribution in [-0.2, 0) is 29.0 Å². The highest BCUT2D eigenvalue weighted by molar-refractivity contribution is 7.92. The van der Waals surface area contributed by atoms with Gasteiger partial charge in [0.15, 0.2) is 9.84 Å². The number of likely N-dealkylation sites (tertiary alicyclic amines) is 1. The Balaban J connectivity index is 1.54. The molecule has 13 heteroatoms. The van der Waals surface area contributed by atoms with Gasteiger partial charge in [-0.3, -0.25) is 19.2 Å². The fraction of sp³-hybridized carbons (Fsp3) is 0.800. The van der Waals surface area contributed by atoms with Crippen LogP contribution in [0.15, 0.2) is 12.7 Å². The summed E-state index contributed by atoms with van der Waals surface area (Å²) < 4.78 is 26.5. The van der Waals surface area contributed by atoms with Crippen molar-refractivity contribution in [3.63, 3.8) is 0 Å². The number of urea groups is 1. The zero-order valence-electron chi connectivity index (χ0n) is 29.4. The molecule has 2 aliphatic heterocycles. The minimum absolute atomic E-state index is 0.0466. The van der Waals surface area contributed by atoms with Gasteiger partial charge < -0.3 is 26.2 Å². The van der Waals surface area contributed by atoms with Crippen LogP contribution in [0.1, 0.15) is 105 Å². The molecule has 0 bridgehead atoms. The highest BCUT2D eigenvalue weighted by Gasteiger charge is 2.51. The Morgan fingerprint density at radius 2 is 1.62 bits per heavy atom. The molecular weight excluding hydrogens is 634 g/mol. The molecule has 0 radical (unpaired) electrons. The second kappa shape index (κ2) is 15.3. The molecule has 2 saturated heterocycles. The van der Waals surface area contributed by atoms with E-state index in [1.165, 1.54) is 11.0 Å². The summed E-state index contributed by atoms with van der Waals surface area (Å²) in [4.78, 5) is 69.3. The average molecular weight is 692 g/mol. The molecule has 0 aromatic rings. The maximum Gasteiger partial charge on any atom is 0.315 e. The molecule has 4 rings (SSSR count). The summed E-state index contributed by atoms with van der Waals surface area (Å²) in [6.07, 6.45) is 9.31. The van der Waals surface area contributed by atoms with E-state index in [9.17, 15) is 32.4 Å². The van der Waals surface area contributed by atoms with Crippen molar-refractivity contribution in [3.05, 3.63) is 12.7 Å². The Kier molecular flexibility index (Phi) is 12.1. The molecular formula is C35H57N5O7S. The van der Waals surface area contributed by atoms with Crippen LogP contribution in [0, 0.1) is 23.2 Å². The van der Waals surface area contributed by atoms with Crippen LogP contribution in [0.25, 0.3) is 0 Å². The van der Waals surface area contributed by atoms with Crippen molar-refractivity contribution in [1.29, 1.82) is 0 Å². The van der Waals surface area contributed by atoms with Gasteiger partial charge in [-0.1, -0.05) is 79.2 Å². The molecule has 0 unspecified atom stereocenters. The predicted octanol–water partition coefficient (Wildman–Crippen LogP) is 3.01. The summed E-state index contributed by atoms with van der Waals surface area (Å²) in [7, 11) is -3.39. The third-order valence-corrected chi connectivity index (χ3v) is 13.4. The largest absolute Gasteiger partial charge is 0.346 e. The van der Waals surface area contributed by atoms with Gasteiger partial charge in [0.05, 0.1) is 22.6 Å². The lowest BCUT2D eigenvalue weighted by Gasteiger charge is -2.45. The number of nitrogens with one attached hydrogen (secondary N) is 4. The Morgan fingerprint density at radius 1 is 0.958 bits per heavy atom. The van der Waals surface area contributed by atoms with Crippen molar-refractivity contribution < 1.29 is 32.4 Å². The highest BCUT2D eigenvalue weighted by Crippen LogP contribution is 2.39. The molecule has 4 fully saturated rings. The van der Waals surface area contributed by atoms with Crippen LogP contribution in [0.2, 0.25) is 0 Å². The first-order valence-electron chi connectivity index (χ1n) is 17.8. The number of carbonyl (C=O) groups is 5. The van der Waals surface area contributed by atoms with Crippen LogP contribution >= 0.6 is 0 Å². The molecule has 6 atom stereocenters. The molecule has 2 heterocycles. The van der Waals surface area contributed by atoms with Crippen molar-refractivity contribution in [2.45, 2.75) is 134 Å². The molecule has 2 saturated carbocycles. The van der Waals surface area contributed by atoms with Gasteiger partial charge in [-0.05, 0) is 55.3 Å². The van der Waals surface area contributed by atoms with Crippen molar-refractivity contribution >= 4 is 39.4 Å². The zero-order chi connectivity index (χ0) is 35.4. The number of ketones is 1. The van der Waals surface area contributed by atoms with E-state index >= 15 is 0 Å². The average Bonchev–Trinajstić information content (AvgIpc) is 3.79. The van der Waals surface area contributed by atoms with Crippen molar-refractivity contribution in [2.24, 2.45) is 23.2 Å². The number of amides is 5. The molecule has 270 valence electrons. The Bertz CT molecular complexity index is 1350. The van der Waals surface area contributed by atoms with Gasteiger partial charge in [-0.2, -0.15) is 0 Å². The molecule has 5 amide bonds. The van der Waals surface area contributed by atoms with Crippen LogP contribution in [0.4, 0.5) is 4.79 Å². The van der Waals surface area contributed by atoms with E-state index in [2.05, 4.69) is 27.8 Å². The van der Waals surface area contributed by atoms with Gasteiger partial charge in [-0.25, -0.2) is 13.2 Å². The van der Waals surface area contributed by atoms with Gasteiger partial charge in [0.1, 0.15) is 12.1 Å². The molecule has 0 aromatic carbocycles.